The van der Waals surface area contributed by atoms with E-state index in [0.29, 0.717) is 10.7 Å². The monoisotopic (exact) mass is 239 g/mol. The van der Waals surface area contributed by atoms with Gasteiger partial charge in [-0.25, -0.2) is 8.78 Å². The van der Waals surface area contributed by atoms with E-state index < -0.39 is 11.6 Å². The van der Waals surface area contributed by atoms with Crippen LogP contribution in [0.5, 0.6) is 0 Å². The topological polar surface area (TPSA) is 12.0 Å². The van der Waals surface area contributed by atoms with Crippen LogP contribution in [0.15, 0.2) is 42.5 Å². The van der Waals surface area contributed by atoms with Gasteiger partial charge in [-0.3, -0.25) is 0 Å². The Morgan fingerprint density at radius 2 is 1.44 bits per heavy atom. The van der Waals surface area contributed by atoms with Gasteiger partial charge in [-0.05, 0) is 36.4 Å². The first kappa shape index (κ1) is 10.9. The minimum Gasteiger partial charge on any atom is -0.355 e. The molecule has 0 saturated carbocycles. The third-order valence-electron chi connectivity index (χ3n) is 2.05. The molecule has 4 heteroatoms. The summed E-state index contributed by atoms with van der Waals surface area (Å²) >= 11 is 5.72. The number of benzene rings is 2. The molecule has 2 rings (SSSR count). The fourth-order valence-electron chi connectivity index (χ4n) is 1.27. The normalized spacial score (nSPS) is 10.2. The Bertz CT molecular complexity index is 497. The van der Waals surface area contributed by atoms with E-state index in [9.17, 15) is 8.78 Å². The van der Waals surface area contributed by atoms with Crippen molar-refractivity contribution in [3.8, 4) is 0 Å². The molecule has 0 bridgehead atoms. The van der Waals surface area contributed by atoms with Gasteiger partial charge in [0.05, 0.1) is 0 Å². The predicted molar refractivity (Wildman–Crippen MR) is 61.1 cm³/mol. The maximum absolute atomic E-state index is 12.9. The van der Waals surface area contributed by atoms with Gasteiger partial charge in [0, 0.05) is 22.5 Å². The van der Waals surface area contributed by atoms with E-state index in [4.69, 9.17) is 11.6 Å². The van der Waals surface area contributed by atoms with Crippen LogP contribution in [0.4, 0.5) is 20.2 Å². The second kappa shape index (κ2) is 4.49. The van der Waals surface area contributed by atoms with Gasteiger partial charge in [0.1, 0.15) is 0 Å². The van der Waals surface area contributed by atoms with Crippen molar-refractivity contribution in [3.05, 3.63) is 59.1 Å². The quantitative estimate of drug-likeness (QED) is 0.821. The van der Waals surface area contributed by atoms with Gasteiger partial charge in [0.25, 0.3) is 0 Å². The van der Waals surface area contributed by atoms with E-state index >= 15 is 0 Å². The first-order valence-corrected chi connectivity index (χ1v) is 5.00. The highest BCUT2D eigenvalue weighted by Crippen LogP contribution is 2.20. The molecule has 0 saturated heterocycles. The molecule has 0 spiro atoms. The van der Waals surface area contributed by atoms with Crippen molar-refractivity contribution >= 4 is 23.0 Å². The van der Waals surface area contributed by atoms with Crippen LogP contribution >= 0.6 is 11.6 Å². The molecule has 1 N–H and O–H groups in total. The largest absolute Gasteiger partial charge is 0.355 e. The maximum atomic E-state index is 12.9. The Morgan fingerprint density at radius 1 is 0.812 bits per heavy atom. The fraction of sp³-hybridized carbons (Fsp3) is 0. The zero-order chi connectivity index (χ0) is 11.5. The highest BCUT2D eigenvalue weighted by atomic mass is 35.5. The number of hydrogen-bond donors (Lipinski definition) is 1. The number of hydrogen-bond acceptors (Lipinski definition) is 1. The highest BCUT2D eigenvalue weighted by molar-refractivity contribution is 6.30. The molecule has 0 unspecified atom stereocenters. The third kappa shape index (κ3) is 2.49. The molecule has 2 aromatic rings. The van der Waals surface area contributed by atoms with E-state index in [0.717, 1.165) is 17.8 Å². The van der Waals surface area contributed by atoms with Crippen molar-refractivity contribution in [3.63, 3.8) is 0 Å². The Hall–Kier alpha value is -1.61. The average molecular weight is 240 g/mol. The molecule has 0 atom stereocenters. The second-order valence-electron chi connectivity index (χ2n) is 3.26. The molecule has 2 aromatic carbocycles. The van der Waals surface area contributed by atoms with Crippen LogP contribution in [-0.4, -0.2) is 0 Å². The lowest BCUT2D eigenvalue weighted by Crippen LogP contribution is -1.92. The first-order chi connectivity index (χ1) is 7.65. The number of halogens is 3. The summed E-state index contributed by atoms with van der Waals surface area (Å²) in [6.45, 7) is 0. The minimum absolute atomic E-state index is 0.487. The summed E-state index contributed by atoms with van der Waals surface area (Å²) < 4.78 is 25.6. The Kier molecular flexibility index (Phi) is 3.06. The second-order valence-corrected chi connectivity index (χ2v) is 3.70. The lowest BCUT2D eigenvalue weighted by molar-refractivity contribution is 0.509. The zero-order valence-corrected chi connectivity index (χ0v) is 8.93. The van der Waals surface area contributed by atoms with E-state index in [1.165, 1.54) is 6.07 Å². The van der Waals surface area contributed by atoms with Gasteiger partial charge >= 0.3 is 0 Å². The van der Waals surface area contributed by atoms with Crippen LogP contribution in [0.1, 0.15) is 0 Å². The maximum Gasteiger partial charge on any atom is 0.160 e. The molecule has 0 radical (unpaired) electrons. The van der Waals surface area contributed by atoms with Crippen LogP contribution in [0.25, 0.3) is 0 Å². The van der Waals surface area contributed by atoms with Gasteiger partial charge in [0.15, 0.2) is 11.6 Å². The van der Waals surface area contributed by atoms with Crippen molar-refractivity contribution in [1.29, 1.82) is 0 Å². The molecule has 0 aromatic heterocycles. The van der Waals surface area contributed by atoms with E-state index in [1.54, 1.807) is 24.3 Å². The molecule has 0 aliphatic heterocycles. The molecule has 82 valence electrons. The molecule has 0 amide bonds. The first-order valence-electron chi connectivity index (χ1n) is 4.63. The standard InChI is InChI=1S/C12H8ClF2N/c13-8-1-3-9(4-2-8)16-10-5-6-11(14)12(15)7-10/h1-7,16H. The molecule has 0 fully saturated rings. The molecule has 0 heterocycles. The van der Waals surface area contributed by atoms with Crippen LogP contribution in [0.3, 0.4) is 0 Å². The highest BCUT2D eigenvalue weighted by Gasteiger charge is 2.02. The number of nitrogens with one attached hydrogen (secondary N) is 1. The molecule has 0 aliphatic rings. The summed E-state index contributed by atoms with van der Waals surface area (Å²) in [4.78, 5) is 0. The average Bonchev–Trinajstić information content (AvgIpc) is 2.27. The van der Waals surface area contributed by atoms with E-state index in [-0.39, 0.29) is 0 Å². The van der Waals surface area contributed by atoms with E-state index in [1.807, 2.05) is 0 Å². The summed E-state index contributed by atoms with van der Waals surface area (Å²) in [5, 5.41) is 3.56. The number of rotatable bonds is 2. The van der Waals surface area contributed by atoms with Crippen molar-refractivity contribution in [1.82, 2.24) is 0 Å². The van der Waals surface area contributed by atoms with Gasteiger partial charge in [0.2, 0.25) is 0 Å². The Balaban J connectivity index is 2.20. The van der Waals surface area contributed by atoms with Gasteiger partial charge < -0.3 is 5.32 Å². The summed E-state index contributed by atoms with van der Waals surface area (Å²) in [5.74, 6) is -1.74. The van der Waals surface area contributed by atoms with Gasteiger partial charge in [-0.15, -0.1) is 0 Å². The molecule has 16 heavy (non-hydrogen) atoms. The molecule has 0 aliphatic carbocycles. The fourth-order valence-corrected chi connectivity index (χ4v) is 1.40. The lowest BCUT2D eigenvalue weighted by Gasteiger charge is -2.06. The van der Waals surface area contributed by atoms with E-state index in [2.05, 4.69) is 5.32 Å². The summed E-state index contributed by atoms with van der Waals surface area (Å²) in [7, 11) is 0. The van der Waals surface area contributed by atoms with Crippen molar-refractivity contribution in [2.24, 2.45) is 0 Å². The third-order valence-corrected chi connectivity index (χ3v) is 2.30. The molecule has 1 nitrogen and oxygen atoms in total. The van der Waals surface area contributed by atoms with Crippen molar-refractivity contribution < 1.29 is 8.78 Å². The van der Waals surface area contributed by atoms with Crippen LogP contribution in [0, 0.1) is 11.6 Å². The summed E-state index contributed by atoms with van der Waals surface area (Å²) in [6.07, 6.45) is 0. The molecular formula is C12H8ClF2N. The predicted octanol–water partition coefficient (Wildman–Crippen LogP) is 4.36. The van der Waals surface area contributed by atoms with Crippen molar-refractivity contribution in [2.75, 3.05) is 5.32 Å². The molecular weight excluding hydrogens is 232 g/mol. The zero-order valence-electron chi connectivity index (χ0n) is 8.18. The van der Waals surface area contributed by atoms with Crippen LogP contribution in [0.2, 0.25) is 5.02 Å². The smallest absolute Gasteiger partial charge is 0.160 e. The number of anilines is 2. The Morgan fingerprint density at radius 3 is 2.06 bits per heavy atom. The van der Waals surface area contributed by atoms with Gasteiger partial charge in [-0.2, -0.15) is 0 Å². The SMILES string of the molecule is Fc1ccc(Nc2ccc(Cl)cc2)cc1F. The van der Waals surface area contributed by atoms with Gasteiger partial charge in [-0.1, -0.05) is 11.6 Å². The Labute approximate surface area is 96.7 Å². The lowest BCUT2D eigenvalue weighted by atomic mass is 10.2. The van der Waals surface area contributed by atoms with Crippen molar-refractivity contribution in [2.45, 2.75) is 0 Å². The minimum atomic E-state index is -0.876. The summed E-state index contributed by atoms with van der Waals surface area (Å²) in [6, 6.07) is 10.6. The van der Waals surface area contributed by atoms with Crippen LogP contribution < -0.4 is 5.32 Å². The summed E-state index contributed by atoms with van der Waals surface area (Å²) in [5.41, 5.74) is 1.25. The van der Waals surface area contributed by atoms with Crippen LogP contribution in [-0.2, 0) is 0 Å².